The Morgan fingerprint density at radius 2 is 1.63 bits per heavy atom. The first kappa shape index (κ1) is 24.3. The van der Waals surface area contributed by atoms with E-state index in [1.54, 1.807) is 6.08 Å². The van der Waals surface area contributed by atoms with Crippen LogP contribution in [0, 0.1) is 0 Å². The molecular weight excluding hydrogens is 388 g/mol. The lowest BCUT2D eigenvalue weighted by Crippen LogP contribution is -1.97. The third-order valence-corrected chi connectivity index (χ3v) is 6.13. The van der Waals surface area contributed by atoms with Crippen LogP contribution in [0.25, 0.3) is 6.08 Å². The van der Waals surface area contributed by atoms with Crippen LogP contribution in [0.1, 0.15) is 81.1 Å². The van der Waals surface area contributed by atoms with Crippen LogP contribution < -0.4 is 4.74 Å². The van der Waals surface area contributed by atoms with Crippen molar-refractivity contribution in [2.45, 2.75) is 70.1 Å². The van der Waals surface area contributed by atoms with Gasteiger partial charge in [-0.25, -0.2) is 0 Å². The summed E-state index contributed by atoms with van der Waals surface area (Å²) in [5.41, 5.74) is 1.70. The Bertz CT molecular complexity index is 765. The van der Waals surface area contributed by atoms with E-state index in [4.69, 9.17) is 4.74 Å². The molecule has 0 aliphatic carbocycles. The molecule has 0 N–H and O–H groups in total. The molecule has 3 heteroatoms. The van der Waals surface area contributed by atoms with Gasteiger partial charge in [0.05, 0.1) is 6.61 Å². The number of carbonyl (C=O) groups is 1. The molecule has 0 spiro atoms. The molecule has 0 atom stereocenters. The van der Waals surface area contributed by atoms with Crippen molar-refractivity contribution in [2.75, 3.05) is 12.4 Å². The summed E-state index contributed by atoms with van der Waals surface area (Å²) in [6, 6.07) is 15.8. The smallest absolute Gasteiger partial charge is 0.185 e. The largest absolute Gasteiger partial charge is 0.494 e. The quantitative estimate of drug-likeness (QED) is 0.125. The predicted molar refractivity (Wildman–Crippen MR) is 131 cm³/mol. The van der Waals surface area contributed by atoms with Gasteiger partial charge in [0.15, 0.2) is 5.78 Å². The number of carbonyl (C=O) groups excluding carboxylic acids is 1. The predicted octanol–water partition coefficient (Wildman–Crippen LogP) is 8.21. The summed E-state index contributed by atoms with van der Waals surface area (Å²) in [7, 11) is 0. The molecule has 30 heavy (non-hydrogen) atoms. The van der Waals surface area contributed by atoms with E-state index in [9.17, 15) is 4.79 Å². The maximum absolute atomic E-state index is 12.4. The second-order valence-electron chi connectivity index (χ2n) is 7.61. The number of thioether (sulfide) groups is 1. The van der Waals surface area contributed by atoms with Gasteiger partial charge in [-0.2, -0.15) is 0 Å². The van der Waals surface area contributed by atoms with E-state index in [1.807, 2.05) is 66.4 Å². The van der Waals surface area contributed by atoms with Gasteiger partial charge in [0.1, 0.15) is 5.75 Å². The summed E-state index contributed by atoms with van der Waals surface area (Å²) in [6.07, 6.45) is 13.6. The topological polar surface area (TPSA) is 26.3 Å². The minimum Gasteiger partial charge on any atom is -0.494 e. The van der Waals surface area contributed by atoms with Crippen LogP contribution in [0.15, 0.2) is 59.5 Å². The maximum Gasteiger partial charge on any atom is 0.185 e. The fourth-order valence-electron chi connectivity index (χ4n) is 3.16. The van der Waals surface area contributed by atoms with Crippen LogP contribution in [-0.2, 0) is 0 Å². The molecule has 2 rings (SSSR count). The third kappa shape index (κ3) is 9.67. The number of ether oxygens (including phenoxy) is 1. The summed E-state index contributed by atoms with van der Waals surface area (Å²) in [4.78, 5) is 13.7. The van der Waals surface area contributed by atoms with E-state index in [0.29, 0.717) is 0 Å². The van der Waals surface area contributed by atoms with Crippen molar-refractivity contribution in [3.8, 4) is 5.75 Å². The number of hydrogen-bond acceptors (Lipinski definition) is 3. The molecule has 0 bridgehead atoms. The fourth-order valence-corrected chi connectivity index (χ4v) is 3.93. The minimum absolute atomic E-state index is 0.0245. The Hall–Kier alpha value is -2.00. The van der Waals surface area contributed by atoms with Crippen LogP contribution in [0.2, 0.25) is 0 Å². The standard InChI is InChI=1S/C27H36O2S/c1-3-5-6-7-8-9-10-20-29-25-13-11-12-23(22-25)14-19-27(28)24-15-17-26(18-16-24)30-21-4-2/h11-19,22H,3-10,20-21H2,1-2H3/b19-14+. The molecule has 0 saturated carbocycles. The molecule has 0 aromatic heterocycles. The van der Waals surface area contributed by atoms with Crippen molar-refractivity contribution >= 4 is 23.6 Å². The van der Waals surface area contributed by atoms with Crippen LogP contribution >= 0.6 is 11.8 Å². The van der Waals surface area contributed by atoms with E-state index < -0.39 is 0 Å². The molecule has 0 aliphatic heterocycles. The highest BCUT2D eigenvalue weighted by molar-refractivity contribution is 7.99. The molecule has 0 unspecified atom stereocenters. The average Bonchev–Trinajstić information content (AvgIpc) is 2.78. The number of rotatable bonds is 15. The van der Waals surface area contributed by atoms with E-state index >= 15 is 0 Å². The van der Waals surface area contributed by atoms with Gasteiger partial charge >= 0.3 is 0 Å². The van der Waals surface area contributed by atoms with Gasteiger partial charge in [0, 0.05) is 10.5 Å². The van der Waals surface area contributed by atoms with Crippen molar-refractivity contribution in [3.63, 3.8) is 0 Å². The van der Waals surface area contributed by atoms with Crippen LogP contribution in [0.5, 0.6) is 5.75 Å². The molecule has 0 saturated heterocycles. The molecule has 2 nitrogen and oxygen atoms in total. The normalized spacial score (nSPS) is 11.1. The minimum atomic E-state index is 0.0245. The first-order valence-corrected chi connectivity index (χ1v) is 12.4. The second kappa shape index (κ2) is 14.9. The average molecular weight is 425 g/mol. The maximum atomic E-state index is 12.4. The van der Waals surface area contributed by atoms with Crippen LogP contribution in [0.3, 0.4) is 0 Å². The summed E-state index contributed by atoms with van der Waals surface area (Å²) < 4.78 is 5.89. The van der Waals surface area contributed by atoms with Gasteiger partial charge in [-0.1, -0.05) is 70.6 Å². The van der Waals surface area contributed by atoms with Crippen LogP contribution in [-0.4, -0.2) is 18.1 Å². The van der Waals surface area contributed by atoms with Gasteiger partial charge in [0.25, 0.3) is 0 Å². The molecule has 0 aliphatic rings. The van der Waals surface area contributed by atoms with Gasteiger partial charge in [-0.15, -0.1) is 11.8 Å². The van der Waals surface area contributed by atoms with Gasteiger partial charge in [-0.3, -0.25) is 4.79 Å². The van der Waals surface area contributed by atoms with E-state index in [2.05, 4.69) is 13.8 Å². The number of ketones is 1. The Kier molecular flexibility index (Phi) is 12.1. The Balaban J connectivity index is 1.77. The zero-order chi connectivity index (χ0) is 21.4. The van der Waals surface area contributed by atoms with Gasteiger partial charge < -0.3 is 4.74 Å². The molecule has 0 radical (unpaired) electrons. The van der Waals surface area contributed by atoms with Crippen molar-refractivity contribution in [2.24, 2.45) is 0 Å². The van der Waals surface area contributed by atoms with Gasteiger partial charge in [-0.05, 0) is 66.6 Å². The SMILES string of the molecule is CCCCCCCCCOc1cccc(/C=C/C(=O)c2ccc(SCCC)cc2)c1. The number of hydrogen-bond donors (Lipinski definition) is 0. The number of unbranched alkanes of at least 4 members (excludes halogenated alkanes) is 6. The van der Waals surface area contributed by atoms with Crippen molar-refractivity contribution in [1.29, 1.82) is 0 Å². The second-order valence-corrected chi connectivity index (χ2v) is 8.78. The number of benzene rings is 2. The van der Waals surface area contributed by atoms with Crippen molar-refractivity contribution in [3.05, 3.63) is 65.7 Å². The van der Waals surface area contributed by atoms with Crippen LogP contribution in [0.4, 0.5) is 0 Å². The first-order chi connectivity index (χ1) is 14.7. The summed E-state index contributed by atoms with van der Waals surface area (Å²) in [5.74, 6) is 1.99. The molecule has 0 heterocycles. The molecule has 0 fully saturated rings. The third-order valence-electron chi connectivity index (χ3n) is 4.91. The lowest BCUT2D eigenvalue weighted by molar-refractivity contribution is 0.104. The van der Waals surface area contributed by atoms with E-state index in [0.717, 1.165) is 42.1 Å². The first-order valence-electron chi connectivity index (χ1n) is 11.4. The highest BCUT2D eigenvalue weighted by Gasteiger charge is 2.03. The lowest BCUT2D eigenvalue weighted by atomic mass is 10.1. The Morgan fingerprint density at radius 3 is 2.37 bits per heavy atom. The molecule has 2 aromatic carbocycles. The van der Waals surface area contributed by atoms with Gasteiger partial charge in [0.2, 0.25) is 0 Å². The molecule has 0 amide bonds. The Morgan fingerprint density at radius 1 is 0.900 bits per heavy atom. The van der Waals surface area contributed by atoms with Crippen molar-refractivity contribution in [1.82, 2.24) is 0 Å². The monoisotopic (exact) mass is 424 g/mol. The lowest BCUT2D eigenvalue weighted by Gasteiger charge is -2.07. The molecule has 2 aromatic rings. The highest BCUT2D eigenvalue weighted by Crippen LogP contribution is 2.20. The van der Waals surface area contributed by atoms with Crippen molar-refractivity contribution < 1.29 is 9.53 Å². The van der Waals surface area contributed by atoms with E-state index in [-0.39, 0.29) is 5.78 Å². The molecule has 162 valence electrons. The summed E-state index contributed by atoms with van der Waals surface area (Å²) >= 11 is 1.82. The summed E-state index contributed by atoms with van der Waals surface area (Å²) in [5, 5.41) is 0. The fraction of sp³-hybridized carbons (Fsp3) is 0.444. The van der Waals surface area contributed by atoms with E-state index in [1.165, 1.54) is 43.4 Å². The molecular formula is C27H36O2S. The zero-order valence-corrected chi connectivity index (χ0v) is 19.4. The zero-order valence-electron chi connectivity index (χ0n) is 18.6. The highest BCUT2D eigenvalue weighted by atomic mass is 32.2. The Labute approximate surface area is 187 Å². The summed E-state index contributed by atoms with van der Waals surface area (Å²) in [6.45, 7) is 5.17. The number of allylic oxidation sites excluding steroid dienone is 1.